The van der Waals surface area contributed by atoms with Gasteiger partial charge in [0.2, 0.25) is 0 Å². The van der Waals surface area contributed by atoms with Gasteiger partial charge in [-0.05, 0) is 6.42 Å². The maximum atomic E-state index is 4.81. The van der Waals surface area contributed by atoms with E-state index >= 15 is 0 Å². The van der Waals surface area contributed by atoms with Crippen molar-refractivity contribution in [3.8, 4) is 0 Å². The van der Waals surface area contributed by atoms with E-state index < -0.39 is 0 Å². The average molecular weight is 323 g/mol. The first-order chi connectivity index (χ1) is 8.39. The van der Waals surface area contributed by atoms with Crippen LogP contribution in [-0.4, -0.2) is 4.86 Å². The van der Waals surface area contributed by atoms with Gasteiger partial charge in [0.15, 0.2) is 0 Å². The molecular formula is C16H15ClSTi. The van der Waals surface area contributed by atoms with Crippen LogP contribution in [-0.2, 0) is 21.7 Å². The van der Waals surface area contributed by atoms with Crippen LogP contribution in [0.5, 0.6) is 0 Å². The Hall–Kier alpha value is -0.466. The molecule has 0 saturated carbocycles. The third kappa shape index (κ3) is 13.8. The second-order valence-electron chi connectivity index (χ2n) is 3.37. The van der Waals surface area contributed by atoms with E-state index in [9.17, 15) is 0 Å². The molecule has 0 aromatic rings. The van der Waals surface area contributed by atoms with Crippen molar-refractivity contribution >= 4 is 17.1 Å². The van der Waals surface area contributed by atoms with Gasteiger partial charge in [-0.25, -0.2) is 42.5 Å². The standard InChI is InChI=1S/C6H5S.2C5H5.ClH.Ti/c7-6-4-2-1-3-5-6;2*1-2-4-5-3-1;;/h1-3H,4H2;2*1-3H,4H2;1H;/q3*-1;;+4/p-1. The van der Waals surface area contributed by atoms with Crippen molar-refractivity contribution in [1.82, 2.24) is 0 Å². The van der Waals surface area contributed by atoms with Gasteiger partial charge < -0.3 is 12.4 Å². The molecular weight excluding hydrogens is 308 g/mol. The Morgan fingerprint density at radius 3 is 1.53 bits per heavy atom. The average Bonchev–Trinajstić information content (AvgIpc) is 3.09. The molecule has 0 radical (unpaired) electrons. The van der Waals surface area contributed by atoms with Crippen molar-refractivity contribution in [3.63, 3.8) is 0 Å². The molecule has 0 amide bonds. The van der Waals surface area contributed by atoms with E-state index in [4.69, 9.17) is 12.2 Å². The normalized spacial score (nSPS) is 15.9. The number of thiocarbonyl (C=S) groups is 1. The SMILES string of the molecule is S=C1[C-]=CC=CC1.[C-]1=CC=CC1.[C-]1=CC=CC1.[Cl-].[Ti+4]. The summed E-state index contributed by atoms with van der Waals surface area (Å²) < 4.78 is 0. The summed E-state index contributed by atoms with van der Waals surface area (Å²) >= 11 is 4.81. The van der Waals surface area contributed by atoms with Crippen molar-refractivity contribution in [1.29, 1.82) is 0 Å². The fraction of sp³-hybridized carbons (Fsp3) is 0.188. The van der Waals surface area contributed by atoms with E-state index in [-0.39, 0.29) is 34.1 Å². The van der Waals surface area contributed by atoms with Gasteiger partial charge in [-0.2, -0.15) is 18.2 Å². The number of hydrogen-bond donors (Lipinski definition) is 0. The summed E-state index contributed by atoms with van der Waals surface area (Å²) in [4.78, 5) is 0.905. The van der Waals surface area contributed by atoms with Crippen LogP contribution in [0.2, 0.25) is 0 Å². The molecule has 19 heavy (non-hydrogen) atoms. The minimum Gasteiger partial charge on any atom is -1.00 e. The zero-order valence-electron chi connectivity index (χ0n) is 10.6. The summed E-state index contributed by atoms with van der Waals surface area (Å²) in [6.07, 6.45) is 29.6. The molecule has 0 aliphatic heterocycles. The zero-order valence-corrected chi connectivity index (χ0v) is 13.7. The topological polar surface area (TPSA) is 0 Å². The molecule has 0 nitrogen and oxygen atoms in total. The Morgan fingerprint density at radius 1 is 0.842 bits per heavy atom. The summed E-state index contributed by atoms with van der Waals surface area (Å²) in [5, 5.41) is 0. The first-order valence-corrected chi connectivity index (χ1v) is 6.01. The maximum absolute atomic E-state index is 4.81. The molecule has 3 rings (SSSR count). The summed E-state index contributed by atoms with van der Waals surface area (Å²) in [6, 6.07) is 0. The molecule has 0 fully saturated rings. The Bertz CT molecular complexity index is 359. The van der Waals surface area contributed by atoms with E-state index in [1.807, 2.05) is 42.5 Å². The Morgan fingerprint density at radius 2 is 1.37 bits per heavy atom. The minimum absolute atomic E-state index is 0. The van der Waals surface area contributed by atoms with Gasteiger partial charge in [0.1, 0.15) is 0 Å². The van der Waals surface area contributed by atoms with E-state index in [1.165, 1.54) is 0 Å². The smallest absolute Gasteiger partial charge is 1.00 e. The van der Waals surface area contributed by atoms with Gasteiger partial charge >= 0.3 is 21.7 Å². The second-order valence-corrected chi connectivity index (χ2v) is 3.87. The Balaban J connectivity index is 0. The molecule has 0 saturated heterocycles. The first-order valence-electron chi connectivity index (χ1n) is 5.61. The molecule has 3 heteroatoms. The van der Waals surface area contributed by atoms with Gasteiger partial charge in [0.25, 0.3) is 0 Å². The van der Waals surface area contributed by atoms with Crippen LogP contribution in [0.3, 0.4) is 0 Å². The van der Waals surface area contributed by atoms with E-state index in [1.54, 1.807) is 0 Å². The van der Waals surface area contributed by atoms with Crippen LogP contribution < -0.4 is 12.4 Å². The predicted octanol–water partition coefficient (Wildman–Crippen LogP) is 1.29. The Kier molecular flexibility index (Phi) is 17.1. The molecule has 96 valence electrons. The van der Waals surface area contributed by atoms with Gasteiger partial charge in [-0.15, -0.1) is 25.1 Å². The quantitative estimate of drug-likeness (QED) is 0.368. The summed E-state index contributed by atoms with van der Waals surface area (Å²) in [5.41, 5.74) is 0. The fourth-order valence-corrected chi connectivity index (χ4v) is 1.29. The third-order valence-corrected chi connectivity index (χ3v) is 2.24. The van der Waals surface area contributed by atoms with Gasteiger partial charge in [0, 0.05) is 0 Å². The van der Waals surface area contributed by atoms with Gasteiger partial charge in [-0.1, -0.05) is 4.86 Å². The van der Waals surface area contributed by atoms with Crippen LogP contribution in [0.4, 0.5) is 0 Å². The minimum atomic E-state index is 0. The molecule has 0 aromatic carbocycles. The van der Waals surface area contributed by atoms with E-state index in [0.29, 0.717) is 0 Å². The monoisotopic (exact) mass is 322 g/mol. The first kappa shape index (κ1) is 20.8. The summed E-state index contributed by atoms with van der Waals surface area (Å²) in [5.74, 6) is 0. The number of allylic oxidation sites excluding steroid dienone is 12. The molecule has 0 unspecified atom stereocenters. The van der Waals surface area contributed by atoms with Crippen LogP contribution in [0.1, 0.15) is 19.3 Å². The largest absolute Gasteiger partial charge is 4.00 e. The Labute approximate surface area is 143 Å². The fourth-order valence-electron chi connectivity index (χ4n) is 1.12. The molecule has 0 heterocycles. The van der Waals surface area contributed by atoms with E-state index in [0.717, 1.165) is 24.1 Å². The third-order valence-electron chi connectivity index (χ3n) is 1.95. The van der Waals surface area contributed by atoms with Crippen LogP contribution in [0, 0.1) is 18.2 Å². The summed E-state index contributed by atoms with van der Waals surface area (Å²) in [7, 11) is 0. The molecule has 0 bridgehead atoms. The summed E-state index contributed by atoms with van der Waals surface area (Å²) in [6.45, 7) is 0. The maximum Gasteiger partial charge on any atom is 4.00 e. The second kappa shape index (κ2) is 15.6. The number of halogens is 1. The van der Waals surface area contributed by atoms with Crippen LogP contribution in [0.15, 0.2) is 54.7 Å². The number of hydrogen-bond acceptors (Lipinski definition) is 1. The number of rotatable bonds is 0. The molecule has 0 atom stereocenters. The van der Waals surface area contributed by atoms with Crippen molar-refractivity contribution in [2.75, 3.05) is 0 Å². The molecule has 0 spiro atoms. The molecule has 0 N–H and O–H groups in total. The molecule has 3 aliphatic carbocycles. The molecule has 3 aliphatic rings. The predicted molar refractivity (Wildman–Crippen MR) is 77.3 cm³/mol. The van der Waals surface area contributed by atoms with Gasteiger partial charge in [0.05, 0.1) is 0 Å². The van der Waals surface area contributed by atoms with Gasteiger partial charge in [-0.3, -0.25) is 12.2 Å². The zero-order chi connectivity index (χ0) is 12.2. The van der Waals surface area contributed by atoms with Crippen molar-refractivity contribution in [3.05, 3.63) is 72.9 Å². The van der Waals surface area contributed by atoms with Crippen LogP contribution in [0.25, 0.3) is 0 Å². The van der Waals surface area contributed by atoms with Crippen molar-refractivity contribution < 1.29 is 34.1 Å². The molecule has 0 aromatic heterocycles. The van der Waals surface area contributed by atoms with Crippen LogP contribution >= 0.6 is 12.2 Å². The van der Waals surface area contributed by atoms with Crippen molar-refractivity contribution in [2.45, 2.75) is 19.3 Å². The van der Waals surface area contributed by atoms with E-state index in [2.05, 4.69) is 30.4 Å². The van der Waals surface area contributed by atoms with Crippen molar-refractivity contribution in [2.24, 2.45) is 0 Å².